The average Bonchev–Trinajstić information content (AvgIpc) is 2.33. The molecule has 2 rings (SSSR count). The van der Waals surface area contributed by atoms with Crippen LogP contribution in [0.2, 0.25) is 5.02 Å². The van der Waals surface area contributed by atoms with Gasteiger partial charge in [-0.2, -0.15) is 0 Å². The number of thiocarbonyl (C=S) groups is 1. The van der Waals surface area contributed by atoms with E-state index in [9.17, 15) is 0 Å². The normalized spacial score (nSPS) is 10.3. The van der Waals surface area contributed by atoms with E-state index in [-0.39, 0.29) is 0 Å². The zero-order chi connectivity index (χ0) is 14.0. The maximum atomic E-state index is 6.13. The first-order chi connectivity index (χ1) is 8.97. The van der Waals surface area contributed by atoms with Crippen LogP contribution in [0.25, 0.3) is 0 Å². The summed E-state index contributed by atoms with van der Waals surface area (Å²) in [6.45, 7) is 0. The molecule has 19 heavy (non-hydrogen) atoms. The van der Waals surface area contributed by atoms with Crippen molar-refractivity contribution in [3.8, 4) is 0 Å². The highest BCUT2D eigenvalue weighted by molar-refractivity contribution is 9.11. The van der Waals surface area contributed by atoms with Crippen LogP contribution in [0.4, 0.5) is 11.4 Å². The highest BCUT2D eigenvalue weighted by Gasteiger charge is 2.06. The van der Waals surface area contributed by atoms with Gasteiger partial charge >= 0.3 is 0 Å². The topological polar surface area (TPSA) is 38.0 Å². The Morgan fingerprint density at radius 1 is 1.16 bits per heavy atom. The van der Waals surface area contributed by atoms with Gasteiger partial charge in [0.2, 0.25) is 0 Å². The molecule has 0 saturated heterocycles. The van der Waals surface area contributed by atoms with Crippen molar-refractivity contribution in [2.24, 2.45) is 5.73 Å². The molecular formula is C13H9Br2ClN2S. The van der Waals surface area contributed by atoms with Crippen LogP contribution in [0.15, 0.2) is 45.3 Å². The molecule has 0 amide bonds. The van der Waals surface area contributed by atoms with Crippen molar-refractivity contribution in [1.82, 2.24) is 0 Å². The second-order valence-electron chi connectivity index (χ2n) is 3.81. The molecule has 0 bridgehead atoms. The van der Waals surface area contributed by atoms with Crippen molar-refractivity contribution < 1.29 is 0 Å². The van der Waals surface area contributed by atoms with Crippen LogP contribution in [0, 0.1) is 0 Å². The molecule has 0 radical (unpaired) electrons. The molecule has 2 nitrogen and oxygen atoms in total. The number of halogens is 3. The van der Waals surface area contributed by atoms with E-state index in [0.717, 1.165) is 20.3 Å². The molecule has 98 valence electrons. The maximum Gasteiger partial charge on any atom is 0.105 e. The molecule has 0 saturated carbocycles. The van der Waals surface area contributed by atoms with Crippen LogP contribution in [-0.4, -0.2) is 4.99 Å². The van der Waals surface area contributed by atoms with Crippen LogP contribution in [-0.2, 0) is 0 Å². The Labute approximate surface area is 138 Å². The van der Waals surface area contributed by atoms with Gasteiger partial charge in [0.05, 0.1) is 10.7 Å². The van der Waals surface area contributed by atoms with Gasteiger partial charge in [-0.15, -0.1) is 0 Å². The molecular weight excluding hydrogens is 411 g/mol. The van der Waals surface area contributed by atoms with Crippen molar-refractivity contribution in [2.45, 2.75) is 0 Å². The molecule has 0 aromatic heterocycles. The van der Waals surface area contributed by atoms with E-state index in [1.165, 1.54) is 0 Å². The Bertz CT molecular complexity index is 647. The molecule has 6 heteroatoms. The predicted molar refractivity (Wildman–Crippen MR) is 92.5 cm³/mol. The summed E-state index contributed by atoms with van der Waals surface area (Å²) in [5, 5.41) is 3.81. The van der Waals surface area contributed by atoms with Crippen LogP contribution in [0.5, 0.6) is 0 Å². The molecule has 0 unspecified atom stereocenters. The van der Waals surface area contributed by atoms with Gasteiger partial charge in [0, 0.05) is 20.2 Å². The summed E-state index contributed by atoms with van der Waals surface area (Å²) in [6, 6.07) is 11.4. The van der Waals surface area contributed by atoms with Gasteiger partial charge in [-0.1, -0.05) is 39.7 Å². The third-order valence-corrected chi connectivity index (χ3v) is 4.16. The number of hydrogen-bond acceptors (Lipinski definition) is 2. The predicted octanol–water partition coefficient (Wildman–Crippen LogP) is 5.24. The van der Waals surface area contributed by atoms with Gasteiger partial charge in [-0.25, -0.2) is 0 Å². The fraction of sp³-hybridized carbons (Fsp3) is 0. The molecule has 3 N–H and O–H groups in total. The number of hydrogen-bond donors (Lipinski definition) is 2. The quantitative estimate of drug-likeness (QED) is 0.667. The number of anilines is 2. The zero-order valence-electron chi connectivity index (χ0n) is 9.58. The highest BCUT2D eigenvalue weighted by Crippen LogP contribution is 2.30. The van der Waals surface area contributed by atoms with Crippen LogP contribution >= 0.6 is 55.7 Å². The second-order valence-corrected chi connectivity index (χ2v) is 6.43. The van der Waals surface area contributed by atoms with Gasteiger partial charge in [0.15, 0.2) is 0 Å². The number of benzene rings is 2. The van der Waals surface area contributed by atoms with E-state index in [1.54, 1.807) is 12.1 Å². The fourth-order valence-corrected chi connectivity index (χ4v) is 2.76. The first-order valence-electron chi connectivity index (χ1n) is 5.29. The zero-order valence-corrected chi connectivity index (χ0v) is 14.3. The molecule has 0 spiro atoms. The number of rotatable bonds is 3. The molecule has 0 aliphatic heterocycles. The van der Waals surface area contributed by atoms with E-state index < -0.39 is 0 Å². The highest BCUT2D eigenvalue weighted by atomic mass is 79.9. The summed E-state index contributed by atoms with van der Waals surface area (Å²) in [4.78, 5) is 0.292. The molecule has 0 aliphatic rings. The summed E-state index contributed by atoms with van der Waals surface area (Å²) < 4.78 is 1.95. The summed E-state index contributed by atoms with van der Waals surface area (Å²) >= 11 is 18.0. The maximum absolute atomic E-state index is 6.13. The molecule has 0 atom stereocenters. The average molecular weight is 421 g/mol. The lowest BCUT2D eigenvalue weighted by atomic mass is 10.2. The van der Waals surface area contributed by atoms with E-state index in [2.05, 4.69) is 37.2 Å². The minimum Gasteiger partial charge on any atom is -0.389 e. The fourth-order valence-electron chi connectivity index (χ4n) is 1.54. The van der Waals surface area contributed by atoms with Gasteiger partial charge in [0.25, 0.3) is 0 Å². The molecule has 0 aliphatic carbocycles. The second kappa shape index (κ2) is 6.22. The van der Waals surface area contributed by atoms with Crippen molar-refractivity contribution in [3.05, 3.63) is 55.9 Å². The standard InChI is InChI=1S/C13H9Br2ClN2S/c14-7-1-4-10(15)12(5-7)18-8-2-3-9(13(17)19)11(16)6-8/h1-6,18H,(H2,17,19). The van der Waals surface area contributed by atoms with Crippen molar-refractivity contribution in [1.29, 1.82) is 0 Å². The van der Waals surface area contributed by atoms with Gasteiger partial charge in [-0.05, 0) is 52.3 Å². The summed E-state index contributed by atoms with van der Waals surface area (Å²) in [5.74, 6) is 0. The molecule has 0 fully saturated rings. The largest absolute Gasteiger partial charge is 0.389 e. The summed E-state index contributed by atoms with van der Waals surface area (Å²) in [7, 11) is 0. The summed E-state index contributed by atoms with van der Waals surface area (Å²) in [6.07, 6.45) is 0. The minimum absolute atomic E-state index is 0.292. The van der Waals surface area contributed by atoms with Crippen molar-refractivity contribution >= 4 is 72.0 Å². The Hall–Kier alpha value is -0.620. The first kappa shape index (κ1) is 14.8. The SMILES string of the molecule is NC(=S)c1ccc(Nc2cc(Br)ccc2Br)cc1Cl. The Morgan fingerprint density at radius 3 is 2.53 bits per heavy atom. The molecule has 2 aromatic rings. The molecule has 2 aromatic carbocycles. The van der Waals surface area contributed by atoms with Crippen LogP contribution in [0.1, 0.15) is 5.56 Å². The van der Waals surface area contributed by atoms with Gasteiger partial charge in [-0.3, -0.25) is 0 Å². The van der Waals surface area contributed by atoms with E-state index in [0.29, 0.717) is 15.6 Å². The third kappa shape index (κ3) is 3.69. The third-order valence-electron chi connectivity index (χ3n) is 2.44. The Morgan fingerprint density at radius 2 is 1.89 bits per heavy atom. The van der Waals surface area contributed by atoms with Crippen LogP contribution < -0.4 is 11.1 Å². The summed E-state index contributed by atoms with van der Waals surface area (Å²) in [5.41, 5.74) is 8.05. The molecule has 0 heterocycles. The lowest BCUT2D eigenvalue weighted by Gasteiger charge is -2.11. The van der Waals surface area contributed by atoms with E-state index >= 15 is 0 Å². The first-order valence-corrected chi connectivity index (χ1v) is 7.66. The Kier molecular flexibility index (Phi) is 4.84. The Balaban J connectivity index is 2.31. The number of nitrogens with one attached hydrogen (secondary N) is 1. The minimum atomic E-state index is 0.292. The van der Waals surface area contributed by atoms with Crippen molar-refractivity contribution in [3.63, 3.8) is 0 Å². The van der Waals surface area contributed by atoms with Crippen molar-refractivity contribution in [2.75, 3.05) is 5.32 Å². The van der Waals surface area contributed by atoms with Crippen LogP contribution in [0.3, 0.4) is 0 Å². The smallest absolute Gasteiger partial charge is 0.105 e. The van der Waals surface area contributed by atoms with E-state index in [4.69, 9.17) is 29.6 Å². The number of nitrogens with two attached hydrogens (primary N) is 1. The lowest BCUT2D eigenvalue weighted by Crippen LogP contribution is -2.09. The van der Waals surface area contributed by atoms with Gasteiger partial charge < -0.3 is 11.1 Å². The monoisotopic (exact) mass is 418 g/mol. The van der Waals surface area contributed by atoms with E-state index in [1.807, 2.05) is 24.3 Å². The van der Waals surface area contributed by atoms with Gasteiger partial charge in [0.1, 0.15) is 4.99 Å². The lowest BCUT2D eigenvalue weighted by molar-refractivity contribution is 1.50.